The monoisotopic (exact) mass is 243 g/mol. The molecule has 2 aromatic rings. The van der Waals surface area contributed by atoms with Crippen molar-refractivity contribution in [2.24, 2.45) is 5.92 Å². The highest BCUT2D eigenvalue weighted by Crippen LogP contribution is 2.07. The average molecular weight is 243 g/mol. The van der Waals surface area contributed by atoms with Gasteiger partial charge in [0.1, 0.15) is 0 Å². The molecule has 1 aromatic carbocycles. The molecule has 1 aromatic heterocycles. The van der Waals surface area contributed by atoms with Crippen LogP contribution in [0, 0.1) is 5.92 Å². The van der Waals surface area contributed by atoms with Crippen LogP contribution in [0.2, 0.25) is 0 Å². The minimum absolute atomic E-state index is 0.692. The summed E-state index contributed by atoms with van der Waals surface area (Å²) < 4.78 is 1.95. The zero-order chi connectivity index (χ0) is 12.8. The Balaban J connectivity index is 1.92. The Morgan fingerprint density at radius 2 is 2.06 bits per heavy atom. The minimum atomic E-state index is 0.692. The molecule has 0 radical (unpaired) electrons. The summed E-state index contributed by atoms with van der Waals surface area (Å²) in [4.78, 5) is 0. The van der Waals surface area contributed by atoms with Crippen LogP contribution in [0.5, 0.6) is 0 Å². The van der Waals surface area contributed by atoms with Crippen LogP contribution in [-0.4, -0.2) is 16.3 Å². The van der Waals surface area contributed by atoms with E-state index in [0.717, 1.165) is 19.6 Å². The predicted octanol–water partition coefficient (Wildman–Crippen LogP) is 2.68. The van der Waals surface area contributed by atoms with E-state index in [-0.39, 0.29) is 0 Å². The smallest absolute Gasteiger partial charge is 0.0659 e. The lowest BCUT2D eigenvalue weighted by molar-refractivity contribution is 0.552. The van der Waals surface area contributed by atoms with Crippen molar-refractivity contribution in [1.82, 2.24) is 15.1 Å². The molecule has 0 aliphatic carbocycles. The third-order valence-corrected chi connectivity index (χ3v) is 2.78. The molecule has 3 heteroatoms. The van der Waals surface area contributed by atoms with Crippen LogP contribution < -0.4 is 5.32 Å². The largest absolute Gasteiger partial charge is 0.312 e. The first-order valence-corrected chi connectivity index (χ1v) is 6.50. The van der Waals surface area contributed by atoms with Crippen molar-refractivity contribution in [1.29, 1.82) is 0 Å². The highest BCUT2D eigenvalue weighted by molar-refractivity contribution is 5.23. The molecule has 1 heterocycles. The molecule has 0 aliphatic rings. The molecular weight excluding hydrogens is 222 g/mol. The Hall–Kier alpha value is -1.61. The molecule has 0 spiro atoms. The molecule has 0 saturated heterocycles. The van der Waals surface area contributed by atoms with Crippen LogP contribution in [0.4, 0.5) is 0 Å². The third-order valence-electron chi connectivity index (χ3n) is 2.78. The molecule has 2 rings (SSSR count). The number of nitrogens with one attached hydrogen (secondary N) is 1. The van der Waals surface area contributed by atoms with E-state index in [1.54, 1.807) is 0 Å². The van der Waals surface area contributed by atoms with Gasteiger partial charge in [-0.25, -0.2) is 0 Å². The maximum absolute atomic E-state index is 4.23. The highest BCUT2D eigenvalue weighted by Gasteiger charge is 1.99. The molecular formula is C15H21N3. The van der Waals surface area contributed by atoms with Gasteiger partial charge in [0.2, 0.25) is 0 Å². The Kier molecular flexibility index (Phi) is 4.53. The SMILES string of the molecule is CC(C)CNCc1cccc(Cn2cccn2)c1. The summed E-state index contributed by atoms with van der Waals surface area (Å²) in [5, 5.41) is 7.69. The van der Waals surface area contributed by atoms with Gasteiger partial charge in [-0.1, -0.05) is 38.1 Å². The van der Waals surface area contributed by atoms with Crippen molar-refractivity contribution >= 4 is 0 Å². The average Bonchev–Trinajstić information content (AvgIpc) is 2.82. The summed E-state index contributed by atoms with van der Waals surface area (Å²) in [5.74, 6) is 0.692. The second-order valence-corrected chi connectivity index (χ2v) is 5.05. The van der Waals surface area contributed by atoms with E-state index < -0.39 is 0 Å². The molecule has 0 saturated carbocycles. The maximum Gasteiger partial charge on any atom is 0.0659 e. The third kappa shape index (κ3) is 4.00. The van der Waals surface area contributed by atoms with E-state index in [4.69, 9.17) is 0 Å². The fourth-order valence-electron chi connectivity index (χ4n) is 1.92. The standard InChI is InChI=1S/C15H21N3/c1-13(2)10-16-11-14-5-3-6-15(9-14)12-18-8-4-7-17-18/h3-9,13,16H,10-12H2,1-2H3. The zero-order valence-corrected chi connectivity index (χ0v) is 11.1. The molecule has 0 atom stereocenters. The Morgan fingerprint density at radius 3 is 2.78 bits per heavy atom. The number of rotatable bonds is 6. The van der Waals surface area contributed by atoms with Gasteiger partial charge in [-0.15, -0.1) is 0 Å². The van der Waals surface area contributed by atoms with Gasteiger partial charge in [-0.2, -0.15) is 5.10 Å². The van der Waals surface area contributed by atoms with Crippen molar-refractivity contribution in [3.63, 3.8) is 0 Å². The molecule has 0 amide bonds. The van der Waals surface area contributed by atoms with Gasteiger partial charge in [0, 0.05) is 18.9 Å². The van der Waals surface area contributed by atoms with Gasteiger partial charge in [0.05, 0.1) is 6.54 Å². The molecule has 18 heavy (non-hydrogen) atoms. The van der Waals surface area contributed by atoms with Crippen LogP contribution in [0.15, 0.2) is 42.7 Å². The summed E-state index contributed by atoms with van der Waals surface area (Å²) in [6.45, 7) is 7.28. The predicted molar refractivity (Wildman–Crippen MR) is 74.3 cm³/mol. The first-order valence-electron chi connectivity index (χ1n) is 6.50. The van der Waals surface area contributed by atoms with Crippen LogP contribution >= 0.6 is 0 Å². The topological polar surface area (TPSA) is 29.9 Å². The lowest BCUT2D eigenvalue weighted by Gasteiger charge is -2.09. The fraction of sp³-hybridized carbons (Fsp3) is 0.400. The van der Waals surface area contributed by atoms with Crippen LogP contribution in [0.1, 0.15) is 25.0 Å². The van der Waals surface area contributed by atoms with Crippen LogP contribution in [0.25, 0.3) is 0 Å². The molecule has 0 unspecified atom stereocenters. The van der Waals surface area contributed by atoms with Gasteiger partial charge in [-0.3, -0.25) is 4.68 Å². The number of aromatic nitrogens is 2. The van der Waals surface area contributed by atoms with Gasteiger partial charge >= 0.3 is 0 Å². The van der Waals surface area contributed by atoms with Gasteiger partial charge in [-0.05, 0) is 29.7 Å². The Morgan fingerprint density at radius 1 is 1.22 bits per heavy atom. The maximum atomic E-state index is 4.23. The molecule has 1 N–H and O–H groups in total. The molecule has 96 valence electrons. The summed E-state index contributed by atoms with van der Waals surface area (Å²) in [5.41, 5.74) is 2.63. The van der Waals surface area contributed by atoms with E-state index in [2.05, 4.69) is 48.5 Å². The van der Waals surface area contributed by atoms with E-state index in [9.17, 15) is 0 Å². The van der Waals surface area contributed by atoms with Gasteiger partial charge < -0.3 is 5.32 Å². The Bertz CT molecular complexity index is 460. The number of hydrogen-bond donors (Lipinski definition) is 1. The summed E-state index contributed by atoms with van der Waals surface area (Å²) in [6.07, 6.45) is 3.80. The quantitative estimate of drug-likeness (QED) is 0.845. The zero-order valence-electron chi connectivity index (χ0n) is 11.1. The van der Waals surface area contributed by atoms with Crippen LogP contribution in [-0.2, 0) is 13.1 Å². The number of hydrogen-bond acceptors (Lipinski definition) is 2. The fourth-order valence-corrected chi connectivity index (χ4v) is 1.92. The van der Waals surface area contributed by atoms with Gasteiger partial charge in [0.25, 0.3) is 0 Å². The Labute approximate surface area is 109 Å². The summed E-state index contributed by atoms with van der Waals surface area (Å²) in [7, 11) is 0. The first-order chi connectivity index (χ1) is 8.74. The van der Waals surface area contributed by atoms with E-state index in [0.29, 0.717) is 5.92 Å². The summed E-state index contributed by atoms with van der Waals surface area (Å²) in [6, 6.07) is 10.6. The molecule has 0 bridgehead atoms. The van der Waals surface area contributed by atoms with E-state index in [1.165, 1.54) is 11.1 Å². The first kappa shape index (κ1) is 12.8. The molecule has 0 aliphatic heterocycles. The lowest BCUT2D eigenvalue weighted by atomic mass is 10.1. The highest BCUT2D eigenvalue weighted by atomic mass is 15.3. The minimum Gasteiger partial charge on any atom is -0.312 e. The second kappa shape index (κ2) is 6.36. The number of benzene rings is 1. The van der Waals surface area contributed by atoms with Crippen molar-refractivity contribution in [3.8, 4) is 0 Å². The molecule has 0 fully saturated rings. The lowest BCUT2D eigenvalue weighted by Crippen LogP contribution is -2.19. The van der Waals surface area contributed by atoms with E-state index >= 15 is 0 Å². The summed E-state index contributed by atoms with van der Waals surface area (Å²) >= 11 is 0. The van der Waals surface area contributed by atoms with Crippen molar-refractivity contribution in [2.45, 2.75) is 26.9 Å². The van der Waals surface area contributed by atoms with Gasteiger partial charge in [0.15, 0.2) is 0 Å². The molecule has 3 nitrogen and oxygen atoms in total. The van der Waals surface area contributed by atoms with Crippen molar-refractivity contribution in [3.05, 3.63) is 53.9 Å². The van der Waals surface area contributed by atoms with E-state index in [1.807, 2.05) is 23.1 Å². The normalized spacial score (nSPS) is 11.1. The van der Waals surface area contributed by atoms with Crippen molar-refractivity contribution in [2.75, 3.05) is 6.54 Å². The second-order valence-electron chi connectivity index (χ2n) is 5.05. The number of nitrogens with zero attached hydrogens (tertiary/aromatic N) is 2. The van der Waals surface area contributed by atoms with Crippen LogP contribution in [0.3, 0.4) is 0 Å². The van der Waals surface area contributed by atoms with Crippen molar-refractivity contribution < 1.29 is 0 Å².